The molecule has 8 aromatic rings. The Hall–Kier alpha value is -5.66. The number of rotatable bonds is 11. The number of hydrogen-bond donors (Lipinski definition) is 0. The van der Waals surface area contributed by atoms with Gasteiger partial charge in [-0.1, -0.05) is 121 Å². The molecule has 4 nitrogen and oxygen atoms in total. The average Bonchev–Trinajstić information content (AvgIpc) is 3.24. The predicted octanol–water partition coefficient (Wildman–Crippen LogP) is 9.44. The van der Waals surface area contributed by atoms with Crippen LogP contribution in [0.1, 0.15) is 0 Å². The Morgan fingerprint density at radius 2 is 0.534 bits per heavy atom. The van der Waals surface area contributed by atoms with Crippen LogP contribution in [0, 0.1) is 0 Å². The minimum Gasteiger partial charge on any atom is -0.378 e. The van der Waals surface area contributed by atoms with E-state index in [0.717, 1.165) is 0 Å². The fraction of sp³-hybridized carbons (Fsp3) is 0.154. The first-order valence-electron chi connectivity index (χ1n) is 19.8. The third-order valence-electron chi connectivity index (χ3n) is 11.0. The molecule has 6 heteroatoms. The van der Waals surface area contributed by atoms with Crippen LogP contribution >= 0.6 is 15.8 Å². The van der Waals surface area contributed by atoms with E-state index in [4.69, 9.17) is 0 Å². The summed E-state index contributed by atoms with van der Waals surface area (Å²) in [5.74, 6) is 0. The summed E-state index contributed by atoms with van der Waals surface area (Å²) in [5.41, 5.74) is 7.44. The molecule has 0 aromatic heterocycles. The van der Waals surface area contributed by atoms with Crippen molar-refractivity contribution in [3.8, 4) is 11.1 Å². The fourth-order valence-corrected chi connectivity index (χ4v) is 12.7. The Bertz CT molecular complexity index is 2380. The van der Waals surface area contributed by atoms with Crippen molar-refractivity contribution in [1.29, 1.82) is 0 Å². The van der Waals surface area contributed by atoms with Gasteiger partial charge in [0.1, 0.15) is 0 Å². The Balaban J connectivity index is 1.48. The molecule has 0 atom stereocenters. The molecule has 0 saturated heterocycles. The number of fused-ring (bicyclic) bond motifs is 2. The van der Waals surface area contributed by atoms with E-state index in [9.17, 15) is 0 Å². The number of benzene rings is 8. The maximum absolute atomic E-state index is 2.44. The summed E-state index contributed by atoms with van der Waals surface area (Å²) in [6.45, 7) is 0. The fourth-order valence-electron chi connectivity index (χ4n) is 7.87. The lowest BCUT2D eigenvalue weighted by molar-refractivity contribution is 1.13. The number of hydrogen-bond acceptors (Lipinski definition) is 4. The van der Waals surface area contributed by atoms with Crippen LogP contribution in [-0.2, 0) is 0 Å². The molecule has 0 heterocycles. The van der Waals surface area contributed by atoms with Crippen molar-refractivity contribution in [3.63, 3.8) is 0 Å². The van der Waals surface area contributed by atoms with Gasteiger partial charge in [0.05, 0.1) is 0 Å². The van der Waals surface area contributed by atoms with Crippen LogP contribution in [0.4, 0.5) is 22.7 Å². The van der Waals surface area contributed by atoms with Gasteiger partial charge in [-0.25, -0.2) is 0 Å². The van der Waals surface area contributed by atoms with E-state index in [2.05, 4.69) is 246 Å². The molecule has 0 aliphatic carbocycles. The minimum atomic E-state index is -0.987. The van der Waals surface area contributed by atoms with E-state index < -0.39 is 15.8 Å². The van der Waals surface area contributed by atoms with Crippen LogP contribution in [0.15, 0.2) is 170 Å². The molecule has 0 radical (unpaired) electrons. The first-order chi connectivity index (χ1) is 28.1. The Labute approximate surface area is 347 Å². The SMILES string of the molecule is CN(C)c1ccc(P(c2ccc(N(C)C)cc2)c2ccc3ccccc3c2-c2c(P(c3ccc(N(C)C)cc3)c3ccc(N(C)C)cc3)ccc3ccccc23)cc1. The third kappa shape index (κ3) is 7.68. The summed E-state index contributed by atoms with van der Waals surface area (Å²) in [4.78, 5) is 8.72. The van der Waals surface area contributed by atoms with Crippen LogP contribution in [0.25, 0.3) is 32.7 Å². The summed E-state index contributed by atoms with van der Waals surface area (Å²) in [6.07, 6.45) is 0. The van der Waals surface area contributed by atoms with Crippen molar-refractivity contribution in [2.24, 2.45) is 0 Å². The third-order valence-corrected chi connectivity index (χ3v) is 16.0. The molecule has 0 amide bonds. The zero-order chi connectivity index (χ0) is 40.5. The van der Waals surface area contributed by atoms with Crippen LogP contribution < -0.4 is 51.4 Å². The highest BCUT2D eigenvalue weighted by Crippen LogP contribution is 2.46. The molecule has 0 saturated carbocycles. The highest BCUT2D eigenvalue weighted by molar-refractivity contribution is 7.80. The van der Waals surface area contributed by atoms with Crippen molar-refractivity contribution in [3.05, 3.63) is 170 Å². The van der Waals surface area contributed by atoms with E-state index in [1.54, 1.807) is 0 Å². The van der Waals surface area contributed by atoms with Gasteiger partial charge >= 0.3 is 0 Å². The summed E-state index contributed by atoms with van der Waals surface area (Å²) in [7, 11) is 14.9. The van der Waals surface area contributed by atoms with Crippen molar-refractivity contribution < 1.29 is 0 Å². The molecule has 0 fully saturated rings. The second-order valence-corrected chi connectivity index (χ2v) is 20.0. The normalized spacial score (nSPS) is 11.4. The molecule has 58 heavy (non-hydrogen) atoms. The monoisotopic (exact) mass is 794 g/mol. The maximum Gasteiger partial charge on any atom is 0.0361 e. The van der Waals surface area contributed by atoms with Crippen molar-refractivity contribution in [1.82, 2.24) is 0 Å². The smallest absolute Gasteiger partial charge is 0.0361 e. The lowest BCUT2D eigenvalue weighted by atomic mass is 9.93. The molecule has 8 rings (SSSR count). The van der Waals surface area contributed by atoms with Gasteiger partial charge in [-0.05, 0) is 129 Å². The Kier molecular flexibility index (Phi) is 11.3. The summed E-state index contributed by atoms with van der Waals surface area (Å²) in [6, 6.07) is 64.6. The van der Waals surface area contributed by atoms with Crippen molar-refractivity contribution >= 4 is 92.0 Å². The van der Waals surface area contributed by atoms with E-state index >= 15 is 0 Å². The second-order valence-electron chi connectivity index (χ2n) is 15.7. The van der Waals surface area contributed by atoms with Crippen LogP contribution in [-0.4, -0.2) is 56.4 Å². The van der Waals surface area contributed by atoms with Gasteiger partial charge in [0.25, 0.3) is 0 Å². The zero-order valence-electron chi connectivity index (χ0n) is 34.8. The topological polar surface area (TPSA) is 13.0 Å². The van der Waals surface area contributed by atoms with Gasteiger partial charge in [0, 0.05) is 79.1 Å². The van der Waals surface area contributed by atoms with Crippen molar-refractivity contribution in [2.75, 3.05) is 76.0 Å². The quantitative estimate of drug-likeness (QED) is 0.121. The van der Waals surface area contributed by atoms with Crippen molar-refractivity contribution in [2.45, 2.75) is 0 Å². The van der Waals surface area contributed by atoms with Gasteiger partial charge in [0.15, 0.2) is 0 Å². The summed E-state index contributed by atoms with van der Waals surface area (Å²) >= 11 is 0. The molecule has 0 N–H and O–H groups in total. The highest BCUT2D eigenvalue weighted by atomic mass is 31.1. The molecule has 0 aliphatic heterocycles. The molecular weight excluding hydrogens is 743 g/mol. The van der Waals surface area contributed by atoms with Gasteiger partial charge in [0.2, 0.25) is 0 Å². The second kappa shape index (κ2) is 16.7. The van der Waals surface area contributed by atoms with Crippen LogP contribution in [0.5, 0.6) is 0 Å². The Morgan fingerprint density at radius 1 is 0.276 bits per heavy atom. The largest absolute Gasteiger partial charge is 0.378 e. The highest BCUT2D eigenvalue weighted by Gasteiger charge is 2.28. The molecule has 0 bridgehead atoms. The lowest BCUT2D eigenvalue weighted by Crippen LogP contribution is -2.26. The van der Waals surface area contributed by atoms with Gasteiger partial charge in [-0.2, -0.15) is 0 Å². The minimum absolute atomic E-state index is 0.987. The van der Waals surface area contributed by atoms with E-state index in [0.29, 0.717) is 0 Å². The number of anilines is 4. The van der Waals surface area contributed by atoms with E-state index in [1.165, 1.54) is 87.2 Å². The van der Waals surface area contributed by atoms with E-state index in [1.807, 2.05) is 0 Å². The first-order valence-corrected chi connectivity index (χ1v) is 22.5. The molecule has 290 valence electrons. The molecule has 8 aromatic carbocycles. The summed E-state index contributed by atoms with van der Waals surface area (Å²) < 4.78 is 0. The summed E-state index contributed by atoms with van der Waals surface area (Å²) in [5, 5.41) is 13.1. The van der Waals surface area contributed by atoms with E-state index in [-0.39, 0.29) is 0 Å². The maximum atomic E-state index is 2.44. The Morgan fingerprint density at radius 3 is 0.793 bits per heavy atom. The molecule has 0 aliphatic rings. The molecule has 0 spiro atoms. The number of nitrogens with zero attached hydrogens (tertiary/aromatic N) is 4. The van der Waals surface area contributed by atoms with Gasteiger partial charge in [-0.3, -0.25) is 0 Å². The van der Waals surface area contributed by atoms with Gasteiger partial charge < -0.3 is 19.6 Å². The predicted molar refractivity (Wildman–Crippen MR) is 262 cm³/mol. The molecular formula is C52H52N4P2. The van der Waals surface area contributed by atoms with Crippen LogP contribution in [0.2, 0.25) is 0 Å². The average molecular weight is 795 g/mol. The first kappa shape index (κ1) is 39.2. The van der Waals surface area contributed by atoms with Gasteiger partial charge in [-0.15, -0.1) is 0 Å². The molecule has 0 unspecified atom stereocenters. The standard InChI is InChI=1S/C52H52N4P2/c1-53(2)39-19-27-43(28-20-39)57(44-29-21-40(22-30-44)54(3)4)49-35-17-37-13-9-11-15-47(37)51(49)52-48-16-12-10-14-38(48)18-36-50(52)58(45-31-23-41(24-32-45)55(5)6)46-33-25-42(26-34-46)56(7)8/h9-36H,1-8H3. The lowest BCUT2D eigenvalue weighted by Gasteiger charge is -2.29. The van der Waals surface area contributed by atoms with Crippen LogP contribution in [0.3, 0.4) is 0 Å². The zero-order valence-corrected chi connectivity index (χ0v) is 36.6.